The number of hydrogen-bond acceptors (Lipinski definition) is 3. The van der Waals surface area contributed by atoms with E-state index in [2.05, 4.69) is 16.0 Å². The van der Waals surface area contributed by atoms with Gasteiger partial charge in [-0.1, -0.05) is 29.8 Å². The van der Waals surface area contributed by atoms with Crippen LogP contribution in [0.1, 0.15) is 31.8 Å². The van der Waals surface area contributed by atoms with Crippen LogP contribution in [0.2, 0.25) is 0 Å². The number of benzene rings is 3. The van der Waals surface area contributed by atoms with E-state index in [0.717, 1.165) is 17.7 Å². The lowest BCUT2D eigenvalue weighted by Gasteiger charge is -2.12. The SMILES string of the molecule is Cc1cccc(C(=O)NC(=S)Nc2cccc(C(=O)Nc3cccc(C(F)(F)F)c3)c2)c1. The minimum absolute atomic E-state index is 0.0177. The Morgan fingerprint density at radius 1 is 0.781 bits per heavy atom. The summed E-state index contributed by atoms with van der Waals surface area (Å²) in [5, 5.41) is 7.85. The lowest BCUT2D eigenvalue weighted by atomic mass is 10.1. The van der Waals surface area contributed by atoms with Crippen molar-refractivity contribution in [1.82, 2.24) is 5.32 Å². The van der Waals surface area contributed by atoms with Crippen LogP contribution in [0.5, 0.6) is 0 Å². The molecule has 0 atom stereocenters. The van der Waals surface area contributed by atoms with Crippen molar-refractivity contribution in [2.45, 2.75) is 13.1 Å². The molecule has 0 aromatic heterocycles. The van der Waals surface area contributed by atoms with Crippen LogP contribution in [0.3, 0.4) is 0 Å². The van der Waals surface area contributed by atoms with Gasteiger partial charge in [0, 0.05) is 22.5 Å². The monoisotopic (exact) mass is 457 g/mol. The summed E-state index contributed by atoms with van der Waals surface area (Å²) < 4.78 is 38.6. The van der Waals surface area contributed by atoms with Crippen LogP contribution in [0.15, 0.2) is 72.8 Å². The molecule has 5 nitrogen and oxygen atoms in total. The number of aryl methyl sites for hydroxylation is 1. The summed E-state index contributed by atoms with van der Waals surface area (Å²) in [4.78, 5) is 24.8. The summed E-state index contributed by atoms with van der Waals surface area (Å²) in [7, 11) is 0. The second-order valence-corrected chi connectivity index (χ2v) is 7.30. The van der Waals surface area contributed by atoms with Crippen molar-refractivity contribution in [3.05, 3.63) is 95.1 Å². The lowest BCUT2D eigenvalue weighted by molar-refractivity contribution is -0.137. The quantitative estimate of drug-likeness (QED) is 0.460. The predicted molar refractivity (Wildman–Crippen MR) is 121 cm³/mol. The fraction of sp³-hybridized carbons (Fsp3) is 0.0870. The first-order valence-corrected chi connectivity index (χ1v) is 9.80. The lowest BCUT2D eigenvalue weighted by Crippen LogP contribution is -2.34. The molecule has 0 spiro atoms. The molecule has 0 fully saturated rings. The molecule has 3 rings (SSSR count). The van der Waals surface area contributed by atoms with Crippen molar-refractivity contribution in [3.8, 4) is 0 Å². The van der Waals surface area contributed by atoms with E-state index in [1.165, 1.54) is 24.3 Å². The van der Waals surface area contributed by atoms with Crippen LogP contribution in [-0.4, -0.2) is 16.9 Å². The summed E-state index contributed by atoms with van der Waals surface area (Å²) in [6.07, 6.45) is -4.51. The summed E-state index contributed by atoms with van der Waals surface area (Å²) >= 11 is 5.16. The Balaban J connectivity index is 1.65. The van der Waals surface area contributed by atoms with E-state index in [0.29, 0.717) is 11.3 Å². The third-order valence-electron chi connectivity index (χ3n) is 4.34. The van der Waals surface area contributed by atoms with Crippen LogP contribution in [0, 0.1) is 6.92 Å². The molecule has 3 aromatic carbocycles. The van der Waals surface area contributed by atoms with Gasteiger partial charge in [0.05, 0.1) is 5.56 Å². The van der Waals surface area contributed by atoms with E-state index in [-0.39, 0.29) is 22.3 Å². The number of halogens is 3. The van der Waals surface area contributed by atoms with Crippen molar-refractivity contribution < 1.29 is 22.8 Å². The second kappa shape index (κ2) is 9.61. The van der Waals surface area contributed by atoms with Gasteiger partial charge in [-0.2, -0.15) is 13.2 Å². The molecule has 0 aliphatic heterocycles. The largest absolute Gasteiger partial charge is 0.416 e. The molecule has 0 unspecified atom stereocenters. The van der Waals surface area contributed by atoms with Crippen molar-refractivity contribution in [1.29, 1.82) is 0 Å². The highest BCUT2D eigenvalue weighted by molar-refractivity contribution is 7.80. The number of nitrogens with one attached hydrogen (secondary N) is 3. The Labute approximate surface area is 187 Å². The van der Waals surface area contributed by atoms with E-state index >= 15 is 0 Å². The molecule has 0 radical (unpaired) electrons. The number of amides is 2. The number of rotatable bonds is 4. The zero-order chi connectivity index (χ0) is 23.3. The fourth-order valence-corrected chi connectivity index (χ4v) is 3.05. The van der Waals surface area contributed by atoms with Crippen LogP contribution in [-0.2, 0) is 6.18 Å². The molecule has 0 saturated heterocycles. The molecule has 32 heavy (non-hydrogen) atoms. The van der Waals surface area contributed by atoms with E-state index in [9.17, 15) is 22.8 Å². The molecule has 0 heterocycles. The maximum absolute atomic E-state index is 12.9. The summed E-state index contributed by atoms with van der Waals surface area (Å²) in [5.74, 6) is -0.979. The summed E-state index contributed by atoms with van der Waals surface area (Å²) in [5.41, 5.74) is 1.15. The Kier molecular flexibility index (Phi) is 6.89. The van der Waals surface area contributed by atoms with E-state index in [4.69, 9.17) is 12.2 Å². The summed E-state index contributed by atoms with van der Waals surface area (Å²) in [6.45, 7) is 1.86. The average Bonchev–Trinajstić information content (AvgIpc) is 2.73. The van der Waals surface area contributed by atoms with Crippen molar-refractivity contribution in [2.75, 3.05) is 10.6 Å². The van der Waals surface area contributed by atoms with Gasteiger partial charge in [0.25, 0.3) is 11.8 Å². The zero-order valence-electron chi connectivity index (χ0n) is 16.8. The Morgan fingerprint density at radius 2 is 1.38 bits per heavy atom. The molecule has 9 heteroatoms. The molecule has 0 saturated carbocycles. The van der Waals surface area contributed by atoms with Crippen LogP contribution in [0.4, 0.5) is 24.5 Å². The van der Waals surface area contributed by atoms with E-state index in [1.54, 1.807) is 30.3 Å². The average molecular weight is 457 g/mol. The number of carbonyl (C=O) groups excluding carboxylic acids is 2. The topological polar surface area (TPSA) is 70.2 Å². The fourth-order valence-electron chi connectivity index (χ4n) is 2.84. The highest BCUT2D eigenvalue weighted by Gasteiger charge is 2.30. The number of hydrogen-bond donors (Lipinski definition) is 3. The maximum Gasteiger partial charge on any atom is 0.416 e. The van der Waals surface area contributed by atoms with Gasteiger partial charge in [-0.3, -0.25) is 14.9 Å². The van der Waals surface area contributed by atoms with Crippen molar-refractivity contribution in [3.63, 3.8) is 0 Å². The standard InChI is InChI=1S/C23H18F3N3O2S/c1-14-5-2-6-15(11-14)21(31)29-22(32)28-18-9-3-7-16(12-18)20(30)27-19-10-4-8-17(13-19)23(24,25)26/h2-13H,1H3,(H,27,30)(H2,28,29,31,32). The van der Waals surface area contributed by atoms with Gasteiger partial charge in [0.2, 0.25) is 0 Å². The Bertz CT molecular complexity index is 1180. The Morgan fingerprint density at radius 3 is 2.03 bits per heavy atom. The number of alkyl halides is 3. The molecule has 3 aromatic rings. The van der Waals surface area contributed by atoms with Crippen molar-refractivity contribution in [2.24, 2.45) is 0 Å². The molecule has 3 N–H and O–H groups in total. The van der Waals surface area contributed by atoms with E-state index in [1.807, 2.05) is 13.0 Å². The van der Waals surface area contributed by atoms with Crippen LogP contribution >= 0.6 is 12.2 Å². The zero-order valence-corrected chi connectivity index (χ0v) is 17.6. The molecule has 0 bridgehead atoms. The van der Waals surface area contributed by atoms with E-state index < -0.39 is 17.6 Å². The van der Waals surface area contributed by atoms with Gasteiger partial charge in [0.1, 0.15) is 0 Å². The first-order valence-electron chi connectivity index (χ1n) is 9.39. The number of anilines is 2. The van der Waals surface area contributed by atoms with Gasteiger partial charge in [-0.25, -0.2) is 0 Å². The van der Waals surface area contributed by atoms with Crippen LogP contribution in [0.25, 0.3) is 0 Å². The second-order valence-electron chi connectivity index (χ2n) is 6.89. The predicted octanol–water partition coefficient (Wildman–Crippen LogP) is 5.39. The maximum atomic E-state index is 12.9. The third kappa shape index (κ3) is 6.14. The first kappa shape index (κ1) is 23.0. The first-order chi connectivity index (χ1) is 15.1. The molecular weight excluding hydrogens is 439 g/mol. The highest BCUT2D eigenvalue weighted by atomic mass is 32.1. The van der Waals surface area contributed by atoms with Gasteiger partial charge in [-0.15, -0.1) is 0 Å². The molecule has 0 aliphatic carbocycles. The third-order valence-corrected chi connectivity index (χ3v) is 4.54. The molecule has 0 aliphatic rings. The Hall–Kier alpha value is -3.72. The smallest absolute Gasteiger partial charge is 0.332 e. The molecular formula is C23H18F3N3O2S. The molecule has 164 valence electrons. The molecule has 2 amide bonds. The van der Waals surface area contributed by atoms with Crippen LogP contribution < -0.4 is 16.0 Å². The van der Waals surface area contributed by atoms with Gasteiger partial charge in [-0.05, 0) is 67.7 Å². The highest BCUT2D eigenvalue weighted by Crippen LogP contribution is 2.30. The van der Waals surface area contributed by atoms with Gasteiger partial charge in [0.15, 0.2) is 5.11 Å². The van der Waals surface area contributed by atoms with Gasteiger partial charge >= 0.3 is 6.18 Å². The number of thiocarbonyl (C=S) groups is 1. The normalized spacial score (nSPS) is 10.9. The van der Waals surface area contributed by atoms with Crippen molar-refractivity contribution >= 4 is 40.5 Å². The minimum atomic E-state index is -4.51. The van der Waals surface area contributed by atoms with Gasteiger partial charge < -0.3 is 10.6 Å². The summed E-state index contributed by atoms with van der Waals surface area (Å²) in [6, 6.07) is 17.5. The number of carbonyl (C=O) groups is 2. The minimum Gasteiger partial charge on any atom is -0.332 e.